The number of hydrogen-bond donors (Lipinski definition) is 0. The van der Waals surface area contributed by atoms with Gasteiger partial charge in [-0.3, -0.25) is 0 Å². The minimum absolute atomic E-state index is 0.568. The summed E-state index contributed by atoms with van der Waals surface area (Å²) < 4.78 is 14.7. The summed E-state index contributed by atoms with van der Waals surface area (Å²) in [6, 6.07) is 54.0. The van der Waals surface area contributed by atoms with E-state index in [0.717, 1.165) is 77.3 Å². The number of fused-ring (bicyclic) bond motifs is 9. The monoisotopic (exact) mass is 654 g/mol. The van der Waals surface area contributed by atoms with Gasteiger partial charge in [-0.05, 0) is 66.7 Å². The van der Waals surface area contributed by atoms with E-state index in [2.05, 4.69) is 102 Å². The van der Waals surface area contributed by atoms with Gasteiger partial charge in [0.2, 0.25) is 0 Å². The molecule has 6 heteroatoms. The molecule has 0 N–H and O–H groups in total. The summed E-state index contributed by atoms with van der Waals surface area (Å²) in [5.74, 6) is 1.73. The lowest BCUT2D eigenvalue weighted by Crippen LogP contribution is -2.00. The Morgan fingerprint density at radius 1 is 0.333 bits per heavy atom. The van der Waals surface area contributed by atoms with Gasteiger partial charge in [-0.25, -0.2) is 15.0 Å². The largest absolute Gasteiger partial charge is 0.456 e. The topological polar surface area (TPSA) is 69.9 Å². The molecule has 11 rings (SSSR count). The minimum Gasteiger partial charge on any atom is -0.456 e. The lowest BCUT2D eigenvalue weighted by atomic mass is 10.1. The van der Waals surface area contributed by atoms with Gasteiger partial charge in [-0.2, -0.15) is 0 Å². The first-order chi connectivity index (χ1) is 25.2. The lowest BCUT2D eigenvalue weighted by molar-refractivity contribution is 0.668. The molecule has 238 valence electrons. The number of aromatic nitrogens is 4. The molecule has 11 aromatic rings. The van der Waals surface area contributed by atoms with Crippen LogP contribution in [0.1, 0.15) is 0 Å². The molecule has 0 saturated heterocycles. The zero-order valence-corrected chi connectivity index (χ0v) is 27.1. The molecule has 0 amide bonds. The van der Waals surface area contributed by atoms with Crippen LogP contribution in [0.2, 0.25) is 0 Å². The highest BCUT2D eigenvalue weighted by atomic mass is 16.3. The first kappa shape index (κ1) is 27.9. The van der Waals surface area contributed by atoms with Crippen LogP contribution in [0.25, 0.3) is 106 Å². The van der Waals surface area contributed by atoms with Gasteiger partial charge in [0.15, 0.2) is 17.5 Å². The van der Waals surface area contributed by atoms with Crippen molar-refractivity contribution < 1.29 is 8.83 Å². The van der Waals surface area contributed by atoms with Crippen molar-refractivity contribution in [2.75, 3.05) is 0 Å². The predicted molar refractivity (Wildman–Crippen MR) is 205 cm³/mol. The van der Waals surface area contributed by atoms with E-state index in [4.69, 9.17) is 23.8 Å². The van der Waals surface area contributed by atoms with Crippen LogP contribution in [0.3, 0.4) is 0 Å². The zero-order valence-electron chi connectivity index (χ0n) is 27.1. The maximum atomic E-state index is 6.27. The van der Waals surface area contributed by atoms with Gasteiger partial charge >= 0.3 is 0 Å². The number of rotatable bonds is 4. The summed E-state index contributed by atoms with van der Waals surface area (Å²) in [5.41, 5.74) is 9.26. The molecule has 0 spiro atoms. The fourth-order valence-electron chi connectivity index (χ4n) is 7.46. The molecule has 0 saturated carbocycles. The third-order valence-corrected chi connectivity index (χ3v) is 9.85. The van der Waals surface area contributed by atoms with Crippen molar-refractivity contribution in [2.45, 2.75) is 0 Å². The molecule has 0 aliphatic heterocycles. The summed E-state index contributed by atoms with van der Waals surface area (Å²) >= 11 is 0. The van der Waals surface area contributed by atoms with E-state index in [1.165, 1.54) is 10.8 Å². The van der Waals surface area contributed by atoms with E-state index in [9.17, 15) is 0 Å². The number of para-hydroxylation sites is 4. The molecule has 0 aliphatic carbocycles. The van der Waals surface area contributed by atoms with Gasteiger partial charge in [-0.1, -0.05) is 91.0 Å². The summed E-state index contributed by atoms with van der Waals surface area (Å²) in [6.45, 7) is 0. The van der Waals surface area contributed by atoms with E-state index in [1.807, 2.05) is 60.7 Å². The number of furan rings is 2. The molecule has 4 aromatic heterocycles. The Kier molecular flexibility index (Phi) is 5.86. The Labute approximate surface area is 290 Å². The molecular weight excluding hydrogens is 629 g/mol. The maximum absolute atomic E-state index is 6.27. The quantitative estimate of drug-likeness (QED) is 0.189. The smallest absolute Gasteiger partial charge is 0.164 e. The second-order valence-corrected chi connectivity index (χ2v) is 12.8. The average molecular weight is 655 g/mol. The Balaban J connectivity index is 1.15. The van der Waals surface area contributed by atoms with Crippen molar-refractivity contribution in [2.24, 2.45) is 0 Å². The maximum Gasteiger partial charge on any atom is 0.164 e. The number of nitrogens with zero attached hydrogens (tertiary/aromatic N) is 4. The third kappa shape index (κ3) is 4.33. The van der Waals surface area contributed by atoms with E-state index >= 15 is 0 Å². The number of hydrogen-bond acceptors (Lipinski definition) is 5. The van der Waals surface area contributed by atoms with Crippen molar-refractivity contribution in [3.05, 3.63) is 158 Å². The molecule has 7 aromatic carbocycles. The zero-order chi connectivity index (χ0) is 33.5. The Bertz CT molecular complexity index is 3150. The minimum atomic E-state index is 0.568. The van der Waals surface area contributed by atoms with Gasteiger partial charge < -0.3 is 13.4 Å². The fourth-order valence-corrected chi connectivity index (χ4v) is 7.46. The normalized spacial score (nSPS) is 11.9. The summed E-state index contributed by atoms with van der Waals surface area (Å²) in [7, 11) is 0. The van der Waals surface area contributed by atoms with Gasteiger partial charge in [0, 0.05) is 54.7 Å². The van der Waals surface area contributed by atoms with Crippen LogP contribution in [0.5, 0.6) is 0 Å². The van der Waals surface area contributed by atoms with E-state index in [1.54, 1.807) is 0 Å². The third-order valence-electron chi connectivity index (χ3n) is 9.85. The predicted octanol–water partition coefficient (Wildman–Crippen LogP) is 11.8. The van der Waals surface area contributed by atoms with Crippen LogP contribution >= 0.6 is 0 Å². The molecule has 0 radical (unpaired) electrons. The lowest BCUT2D eigenvalue weighted by Gasteiger charge is -2.10. The van der Waals surface area contributed by atoms with Crippen molar-refractivity contribution in [3.8, 4) is 39.9 Å². The van der Waals surface area contributed by atoms with E-state index in [-0.39, 0.29) is 0 Å². The van der Waals surface area contributed by atoms with Gasteiger partial charge in [0.1, 0.15) is 22.3 Å². The second-order valence-electron chi connectivity index (χ2n) is 12.8. The first-order valence-electron chi connectivity index (χ1n) is 16.9. The molecule has 4 heterocycles. The van der Waals surface area contributed by atoms with Gasteiger partial charge in [0.25, 0.3) is 0 Å². The Morgan fingerprint density at radius 3 is 1.57 bits per heavy atom. The van der Waals surface area contributed by atoms with Crippen LogP contribution in [-0.2, 0) is 0 Å². The molecule has 6 nitrogen and oxygen atoms in total. The van der Waals surface area contributed by atoms with Crippen molar-refractivity contribution in [3.63, 3.8) is 0 Å². The standard InChI is InChI=1S/C45H26N4O2/c1-2-10-30(11-3-1)49-37-15-7-4-12-31(37)32-21-18-28(25-38(32)49)44-46-43(27-20-23-41-36(24-27)34-14-6-9-17-40(34)50-41)47-45(48-44)29-19-22-35-33-13-5-8-16-39(33)51-42(35)26-29/h1-26H. The van der Waals surface area contributed by atoms with Crippen molar-refractivity contribution in [1.29, 1.82) is 0 Å². The molecule has 0 atom stereocenters. The van der Waals surface area contributed by atoms with Gasteiger partial charge in [0.05, 0.1) is 11.0 Å². The molecule has 0 fully saturated rings. The van der Waals surface area contributed by atoms with Crippen LogP contribution < -0.4 is 0 Å². The molecular formula is C45H26N4O2. The van der Waals surface area contributed by atoms with Crippen molar-refractivity contribution >= 4 is 65.7 Å². The Morgan fingerprint density at radius 2 is 0.824 bits per heavy atom. The highest BCUT2D eigenvalue weighted by Crippen LogP contribution is 2.37. The summed E-state index contributed by atoms with van der Waals surface area (Å²) in [6.07, 6.45) is 0. The SMILES string of the molecule is c1ccc(-n2c3ccccc3c3ccc(-c4nc(-c5ccc6c(c5)oc5ccccc56)nc(-c5ccc6oc7ccccc7c6c5)n4)cc32)cc1. The average Bonchev–Trinajstić information content (AvgIpc) is 3.86. The van der Waals surface area contributed by atoms with Crippen LogP contribution in [-0.4, -0.2) is 19.5 Å². The molecule has 0 bridgehead atoms. The summed E-state index contributed by atoms with van der Waals surface area (Å²) in [5, 5.41) is 6.57. The van der Waals surface area contributed by atoms with Crippen molar-refractivity contribution in [1.82, 2.24) is 19.5 Å². The van der Waals surface area contributed by atoms with Crippen LogP contribution in [0, 0.1) is 0 Å². The first-order valence-corrected chi connectivity index (χ1v) is 16.9. The number of benzene rings is 7. The van der Waals surface area contributed by atoms with E-state index in [0.29, 0.717) is 17.5 Å². The second kappa shape index (κ2) is 10.7. The molecule has 0 unspecified atom stereocenters. The Hall–Kier alpha value is -7.05. The highest BCUT2D eigenvalue weighted by Gasteiger charge is 2.18. The van der Waals surface area contributed by atoms with Gasteiger partial charge in [-0.15, -0.1) is 0 Å². The summed E-state index contributed by atoms with van der Waals surface area (Å²) in [4.78, 5) is 15.4. The van der Waals surface area contributed by atoms with E-state index < -0.39 is 0 Å². The fraction of sp³-hybridized carbons (Fsp3) is 0. The highest BCUT2D eigenvalue weighted by molar-refractivity contribution is 6.10. The molecule has 51 heavy (non-hydrogen) atoms. The van der Waals surface area contributed by atoms with Crippen LogP contribution in [0.15, 0.2) is 167 Å². The molecule has 0 aliphatic rings. The van der Waals surface area contributed by atoms with Crippen LogP contribution in [0.4, 0.5) is 0 Å².